The molecule has 0 aromatic rings. The topological polar surface area (TPSA) is 29.5 Å². The summed E-state index contributed by atoms with van der Waals surface area (Å²) in [6, 6.07) is 0. The number of methoxy groups -OCH3 is 1. The number of ether oxygens (including phenoxy) is 1. The molecule has 0 aromatic heterocycles. The van der Waals surface area contributed by atoms with Gasteiger partial charge in [0.25, 0.3) is 5.91 Å². The standard InChI is InChI=1S/C19H31NO2/c1-13-14(2)16(22-7)10-9-15(13)17(21)20-18(3,4)11-8-12-19(20,5)6/h9-10,13-14H,8,11-12H2,1-7H3/t13-,14-/m1/s1. The first-order valence-electron chi connectivity index (χ1n) is 8.42. The summed E-state index contributed by atoms with van der Waals surface area (Å²) in [6.07, 6.45) is 7.24. The summed E-state index contributed by atoms with van der Waals surface area (Å²) in [5.74, 6) is 1.58. The van der Waals surface area contributed by atoms with Crippen LogP contribution in [0.2, 0.25) is 0 Å². The maximum Gasteiger partial charge on any atom is 0.250 e. The summed E-state index contributed by atoms with van der Waals surface area (Å²) in [5, 5.41) is 0. The minimum absolute atomic E-state index is 0.0894. The number of rotatable bonds is 2. The second-order valence-corrected chi connectivity index (χ2v) is 8.09. The van der Waals surface area contributed by atoms with Gasteiger partial charge in [-0.05, 0) is 65.0 Å². The van der Waals surface area contributed by atoms with Gasteiger partial charge >= 0.3 is 0 Å². The Labute approximate surface area is 135 Å². The van der Waals surface area contributed by atoms with Crippen LogP contribution in [0.5, 0.6) is 0 Å². The van der Waals surface area contributed by atoms with Crippen molar-refractivity contribution in [1.29, 1.82) is 0 Å². The summed E-state index contributed by atoms with van der Waals surface area (Å²) in [7, 11) is 1.70. The first-order valence-corrected chi connectivity index (χ1v) is 8.42. The van der Waals surface area contributed by atoms with Crippen LogP contribution in [0.1, 0.15) is 60.8 Å². The van der Waals surface area contributed by atoms with Crippen LogP contribution in [0.25, 0.3) is 0 Å². The smallest absolute Gasteiger partial charge is 0.250 e. The number of amides is 1. The van der Waals surface area contributed by atoms with Crippen molar-refractivity contribution in [3.63, 3.8) is 0 Å². The third-order valence-electron chi connectivity index (χ3n) is 5.59. The van der Waals surface area contributed by atoms with E-state index in [-0.39, 0.29) is 28.8 Å². The van der Waals surface area contributed by atoms with E-state index in [9.17, 15) is 4.79 Å². The van der Waals surface area contributed by atoms with Crippen molar-refractivity contribution < 1.29 is 9.53 Å². The fourth-order valence-corrected chi connectivity index (χ4v) is 4.19. The van der Waals surface area contributed by atoms with Gasteiger partial charge in [0.1, 0.15) is 0 Å². The quantitative estimate of drug-likeness (QED) is 0.761. The van der Waals surface area contributed by atoms with E-state index in [2.05, 4.69) is 46.4 Å². The lowest BCUT2D eigenvalue weighted by Crippen LogP contribution is -2.61. The molecule has 124 valence electrons. The Hall–Kier alpha value is -1.25. The van der Waals surface area contributed by atoms with E-state index in [0.29, 0.717) is 0 Å². The molecule has 0 aromatic carbocycles. The molecule has 3 nitrogen and oxygen atoms in total. The maximum atomic E-state index is 13.3. The third-order valence-corrected chi connectivity index (χ3v) is 5.59. The van der Waals surface area contributed by atoms with Crippen molar-refractivity contribution in [1.82, 2.24) is 4.90 Å². The van der Waals surface area contributed by atoms with E-state index < -0.39 is 0 Å². The summed E-state index contributed by atoms with van der Waals surface area (Å²) in [4.78, 5) is 15.5. The number of nitrogens with zero attached hydrogens (tertiary/aromatic N) is 1. The number of carbonyl (C=O) groups excluding carboxylic acids is 1. The van der Waals surface area contributed by atoms with Crippen LogP contribution in [0.3, 0.4) is 0 Å². The van der Waals surface area contributed by atoms with E-state index in [4.69, 9.17) is 4.74 Å². The van der Waals surface area contributed by atoms with E-state index in [1.165, 1.54) is 6.42 Å². The average Bonchev–Trinajstić information content (AvgIpc) is 2.39. The Morgan fingerprint density at radius 2 is 1.64 bits per heavy atom. The number of allylic oxidation sites excluding steroid dienone is 3. The van der Waals surface area contributed by atoms with Gasteiger partial charge in [0.2, 0.25) is 0 Å². The molecule has 0 N–H and O–H groups in total. The van der Waals surface area contributed by atoms with E-state index in [1.807, 2.05) is 12.2 Å². The minimum Gasteiger partial charge on any atom is -0.501 e. The van der Waals surface area contributed by atoms with Gasteiger partial charge in [0.05, 0.1) is 12.9 Å². The van der Waals surface area contributed by atoms with Crippen molar-refractivity contribution in [2.45, 2.75) is 71.9 Å². The molecule has 1 aliphatic carbocycles. The highest BCUT2D eigenvalue weighted by Gasteiger charge is 2.46. The highest BCUT2D eigenvalue weighted by molar-refractivity contribution is 5.95. The van der Waals surface area contributed by atoms with Gasteiger partial charge in [-0.15, -0.1) is 0 Å². The Bertz CT molecular complexity index is 498. The molecule has 2 rings (SSSR count). The number of piperidine rings is 1. The van der Waals surface area contributed by atoms with Gasteiger partial charge in [-0.2, -0.15) is 0 Å². The highest BCUT2D eigenvalue weighted by atomic mass is 16.5. The monoisotopic (exact) mass is 305 g/mol. The van der Waals surface area contributed by atoms with Crippen molar-refractivity contribution in [2.24, 2.45) is 11.8 Å². The van der Waals surface area contributed by atoms with Crippen LogP contribution in [-0.2, 0) is 9.53 Å². The van der Waals surface area contributed by atoms with Gasteiger partial charge in [-0.3, -0.25) is 4.79 Å². The lowest BCUT2D eigenvalue weighted by atomic mass is 9.77. The van der Waals surface area contributed by atoms with Crippen molar-refractivity contribution in [2.75, 3.05) is 7.11 Å². The van der Waals surface area contributed by atoms with Crippen LogP contribution in [0, 0.1) is 11.8 Å². The molecule has 1 amide bonds. The van der Waals surface area contributed by atoms with E-state index in [0.717, 1.165) is 24.2 Å². The first kappa shape index (κ1) is 17.1. The fourth-order valence-electron chi connectivity index (χ4n) is 4.19. The largest absolute Gasteiger partial charge is 0.501 e. The summed E-state index contributed by atoms with van der Waals surface area (Å²) >= 11 is 0. The van der Waals surface area contributed by atoms with Gasteiger partial charge in [0.15, 0.2) is 0 Å². The normalized spacial score (nSPS) is 30.4. The molecule has 0 saturated carbocycles. The Morgan fingerprint density at radius 3 is 2.14 bits per heavy atom. The lowest BCUT2D eigenvalue weighted by molar-refractivity contribution is -0.145. The van der Waals surface area contributed by atoms with Crippen molar-refractivity contribution >= 4 is 5.91 Å². The molecule has 22 heavy (non-hydrogen) atoms. The first-order chi connectivity index (χ1) is 10.1. The number of hydrogen-bond donors (Lipinski definition) is 0. The van der Waals surface area contributed by atoms with E-state index >= 15 is 0 Å². The van der Waals surface area contributed by atoms with Gasteiger partial charge < -0.3 is 9.64 Å². The molecule has 0 radical (unpaired) electrons. The summed E-state index contributed by atoms with van der Waals surface area (Å²) < 4.78 is 5.42. The molecule has 1 fully saturated rings. The van der Waals surface area contributed by atoms with Crippen LogP contribution in [-0.4, -0.2) is 29.0 Å². The van der Waals surface area contributed by atoms with Crippen LogP contribution in [0.4, 0.5) is 0 Å². The molecule has 0 spiro atoms. The van der Waals surface area contributed by atoms with Crippen LogP contribution < -0.4 is 0 Å². The van der Waals surface area contributed by atoms with Crippen LogP contribution in [0.15, 0.2) is 23.5 Å². The van der Waals surface area contributed by atoms with E-state index in [1.54, 1.807) is 7.11 Å². The minimum atomic E-state index is -0.0894. The Morgan fingerprint density at radius 1 is 1.09 bits per heavy atom. The Balaban J connectivity index is 2.38. The summed E-state index contributed by atoms with van der Waals surface area (Å²) in [6.45, 7) is 13.0. The SMILES string of the molecule is COC1=CC=C(C(=O)N2C(C)(C)CCCC2(C)C)[C@H](C)[C@H]1C. The molecule has 0 bridgehead atoms. The molecule has 1 aliphatic heterocycles. The number of hydrogen-bond acceptors (Lipinski definition) is 2. The van der Waals surface area contributed by atoms with Crippen LogP contribution >= 0.6 is 0 Å². The predicted molar refractivity (Wildman–Crippen MR) is 90.4 cm³/mol. The summed E-state index contributed by atoms with van der Waals surface area (Å²) in [5.41, 5.74) is 0.734. The second-order valence-electron chi connectivity index (χ2n) is 8.09. The Kier molecular flexibility index (Phi) is 4.47. The predicted octanol–water partition coefficient (Wildman–Crippen LogP) is 4.30. The molecule has 2 atom stereocenters. The molecule has 0 unspecified atom stereocenters. The highest BCUT2D eigenvalue weighted by Crippen LogP contribution is 2.41. The van der Waals surface area contributed by atoms with Crippen molar-refractivity contribution in [3.05, 3.63) is 23.5 Å². The number of likely N-dealkylation sites (tertiary alicyclic amines) is 1. The van der Waals surface area contributed by atoms with Gasteiger partial charge in [0, 0.05) is 22.6 Å². The maximum absolute atomic E-state index is 13.3. The van der Waals surface area contributed by atoms with Gasteiger partial charge in [-0.25, -0.2) is 0 Å². The molecule has 1 saturated heterocycles. The molecular weight excluding hydrogens is 274 g/mol. The zero-order valence-electron chi connectivity index (χ0n) is 15.2. The molecular formula is C19H31NO2. The average molecular weight is 305 g/mol. The molecule has 3 heteroatoms. The zero-order chi connectivity index (χ0) is 16.7. The zero-order valence-corrected chi connectivity index (χ0v) is 15.2. The van der Waals surface area contributed by atoms with Crippen molar-refractivity contribution in [3.8, 4) is 0 Å². The van der Waals surface area contributed by atoms with Gasteiger partial charge in [-0.1, -0.05) is 13.8 Å². The lowest BCUT2D eigenvalue weighted by Gasteiger charge is -2.53. The molecule has 1 heterocycles. The fraction of sp³-hybridized carbons (Fsp3) is 0.737. The third kappa shape index (κ3) is 2.82. The second kappa shape index (κ2) is 5.75. The number of carbonyl (C=O) groups is 1. The molecule has 2 aliphatic rings.